The predicted octanol–water partition coefficient (Wildman–Crippen LogP) is 3.74. The van der Waals surface area contributed by atoms with Gasteiger partial charge in [-0.05, 0) is 38.1 Å². The number of hydrogen-bond acceptors (Lipinski definition) is 3. The van der Waals surface area contributed by atoms with Crippen molar-refractivity contribution in [2.75, 3.05) is 24.3 Å². The molecule has 2 aromatic carbocycles. The van der Waals surface area contributed by atoms with Crippen LogP contribution in [0, 0.1) is 6.92 Å². The van der Waals surface area contributed by atoms with Crippen LogP contribution in [0.5, 0.6) is 5.75 Å². The van der Waals surface area contributed by atoms with E-state index >= 15 is 0 Å². The number of nitrogens with two attached hydrogens (primary N) is 1. The number of anilines is 3. The third kappa shape index (κ3) is 2.81. The monoisotopic (exact) mass is 256 g/mol. The summed E-state index contributed by atoms with van der Waals surface area (Å²) in [5.41, 5.74) is 10.1. The Morgan fingerprint density at radius 3 is 2.42 bits per heavy atom. The molecule has 0 atom stereocenters. The standard InChI is InChI=1S/C16H20N2O/c1-4-19-15-7-5-6-14(16(15)17)18(3)13-10-8-12(2)9-11-13/h5-11H,4,17H2,1-3H3. The smallest absolute Gasteiger partial charge is 0.144 e. The van der Waals surface area contributed by atoms with Gasteiger partial charge in [-0.3, -0.25) is 0 Å². The van der Waals surface area contributed by atoms with E-state index in [0.717, 1.165) is 17.1 Å². The Morgan fingerprint density at radius 2 is 1.79 bits per heavy atom. The highest BCUT2D eigenvalue weighted by Crippen LogP contribution is 2.35. The maximum atomic E-state index is 6.17. The van der Waals surface area contributed by atoms with E-state index in [1.54, 1.807) is 0 Å². The lowest BCUT2D eigenvalue weighted by Crippen LogP contribution is -2.12. The van der Waals surface area contributed by atoms with Crippen LogP contribution in [0.15, 0.2) is 42.5 Å². The molecule has 0 saturated heterocycles. The first-order valence-corrected chi connectivity index (χ1v) is 6.45. The quantitative estimate of drug-likeness (QED) is 0.847. The van der Waals surface area contributed by atoms with Crippen molar-refractivity contribution >= 4 is 17.1 Å². The fourth-order valence-corrected chi connectivity index (χ4v) is 2.01. The van der Waals surface area contributed by atoms with Gasteiger partial charge in [0.15, 0.2) is 0 Å². The zero-order valence-corrected chi connectivity index (χ0v) is 11.7. The molecule has 0 fully saturated rings. The lowest BCUT2D eigenvalue weighted by molar-refractivity contribution is 0.342. The number of para-hydroxylation sites is 1. The van der Waals surface area contributed by atoms with E-state index in [2.05, 4.69) is 36.1 Å². The zero-order valence-electron chi connectivity index (χ0n) is 11.7. The number of rotatable bonds is 4. The van der Waals surface area contributed by atoms with Crippen molar-refractivity contribution in [2.45, 2.75) is 13.8 Å². The second-order valence-electron chi connectivity index (χ2n) is 4.52. The summed E-state index contributed by atoms with van der Waals surface area (Å²) < 4.78 is 5.53. The minimum Gasteiger partial charge on any atom is -0.492 e. The molecule has 0 heterocycles. The molecule has 0 saturated carbocycles. The van der Waals surface area contributed by atoms with Crippen molar-refractivity contribution in [1.82, 2.24) is 0 Å². The summed E-state index contributed by atoms with van der Waals surface area (Å²) in [6.07, 6.45) is 0. The van der Waals surface area contributed by atoms with E-state index in [1.807, 2.05) is 32.2 Å². The molecule has 2 N–H and O–H groups in total. The van der Waals surface area contributed by atoms with Crippen molar-refractivity contribution in [3.63, 3.8) is 0 Å². The molecule has 0 bridgehead atoms. The highest BCUT2D eigenvalue weighted by molar-refractivity contribution is 5.78. The first kappa shape index (κ1) is 13.3. The van der Waals surface area contributed by atoms with E-state index in [9.17, 15) is 0 Å². The summed E-state index contributed by atoms with van der Waals surface area (Å²) in [6.45, 7) is 4.64. The van der Waals surface area contributed by atoms with Crippen LogP contribution in [0.4, 0.5) is 17.1 Å². The Hall–Kier alpha value is -2.16. The van der Waals surface area contributed by atoms with Crippen LogP contribution in [0.2, 0.25) is 0 Å². The first-order chi connectivity index (χ1) is 9.13. The SMILES string of the molecule is CCOc1cccc(N(C)c2ccc(C)cc2)c1N. The molecule has 19 heavy (non-hydrogen) atoms. The zero-order chi connectivity index (χ0) is 13.8. The van der Waals surface area contributed by atoms with Gasteiger partial charge in [-0.1, -0.05) is 23.8 Å². The average Bonchev–Trinajstić information content (AvgIpc) is 2.41. The van der Waals surface area contributed by atoms with Gasteiger partial charge in [-0.15, -0.1) is 0 Å². The molecule has 0 aromatic heterocycles. The van der Waals surface area contributed by atoms with Crippen molar-refractivity contribution in [3.05, 3.63) is 48.0 Å². The van der Waals surface area contributed by atoms with Crippen molar-refractivity contribution in [3.8, 4) is 5.75 Å². The van der Waals surface area contributed by atoms with Crippen LogP contribution in [-0.4, -0.2) is 13.7 Å². The summed E-state index contributed by atoms with van der Waals surface area (Å²) in [5.74, 6) is 0.735. The first-order valence-electron chi connectivity index (χ1n) is 6.45. The number of hydrogen-bond donors (Lipinski definition) is 1. The van der Waals surface area contributed by atoms with Gasteiger partial charge in [-0.25, -0.2) is 0 Å². The fourth-order valence-electron chi connectivity index (χ4n) is 2.01. The molecular formula is C16H20N2O. The molecule has 0 amide bonds. The van der Waals surface area contributed by atoms with E-state index in [-0.39, 0.29) is 0 Å². The van der Waals surface area contributed by atoms with Gasteiger partial charge in [0.2, 0.25) is 0 Å². The molecule has 0 unspecified atom stereocenters. The van der Waals surface area contributed by atoms with Gasteiger partial charge in [0.25, 0.3) is 0 Å². The number of nitrogen functional groups attached to an aromatic ring is 1. The molecule has 3 heteroatoms. The van der Waals surface area contributed by atoms with Crippen LogP contribution in [0.1, 0.15) is 12.5 Å². The van der Waals surface area contributed by atoms with Crippen molar-refractivity contribution in [2.24, 2.45) is 0 Å². The highest BCUT2D eigenvalue weighted by Gasteiger charge is 2.11. The lowest BCUT2D eigenvalue weighted by atomic mass is 10.2. The second-order valence-corrected chi connectivity index (χ2v) is 4.52. The number of aryl methyl sites for hydroxylation is 1. The molecule has 0 aliphatic rings. The molecule has 100 valence electrons. The third-order valence-electron chi connectivity index (χ3n) is 3.13. The van der Waals surface area contributed by atoms with Gasteiger partial charge in [-0.2, -0.15) is 0 Å². The Kier molecular flexibility index (Phi) is 3.95. The molecule has 2 rings (SSSR count). The minimum absolute atomic E-state index is 0.613. The summed E-state index contributed by atoms with van der Waals surface area (Å²) in [5, 5.41) is 0. The van der Waals surface area contributed by atoms with Gasteiger partial charge in [0.1, 0.15) is 5.75 Å². The van der Waals surface area contributed by atoms with Crippen LogP contribution in [0.25, 0.3) is 0 Å². The van der Waals surface area contributed by atoms with Crippen LogP contribution in [-0.2, 0) is 0 Å². The molecule has 2 aromatic rings. The van der Waals surface area contributed by atoms with Crippen molar-refractivity contribution < 1.29 is 4.74 Å². The largest absolute Gasteiger partial charge is 0.492 e. The van der Waals surface area contributed by atoms with E-state index in [0.29, 0.717) is 12.3 Å². The molecule has 0 radical (unpaired) electrons. The van der Waals surface area contributed by atoms with E-state index in [1.165, 1.54) is 5.56 Å². The predicted molar refractivity (Wildman–Crippen MR) is 81.3 cm³/mol. The molecule has 0 aliphatic carbocycles. The number of benzene rings is 2. The van der Waals surface area contributed by atoms with Gasteiger partial charge in [0.05, 0.1) is 18.0 Å². The highest BCUT2D eigenvalue weighted by atomic mass is 16.5. The van der Waals surface area contributed by atoms with Gasteiger partial charge < -0.3 is 15.4 Å². The Bertz CT molecular complexity index is 549. The maximum Gasteiger partial charge on any atom is 0.144 e. The number of nitrogens with zero attached hydrogens (tertiary/aromatic N) is 1. The Balaban J connectivity index is 2.35. The van der Waals surface area contributed by atoms with Gasteiger partial charge in [0, 0.05) is 12.7 Å². The fraction of sp³-hybridized carbons (Fsp3) is 0.250. The van der Waals surface area contributed by atoms with Gasteiger partial charge >= 0.3 is 0 Å². The summed E-state index contributed by atoms with van der Waals surface area (Å²) in [7, 11) is 2.01. The van der Waals surface area contributed by atoms with E-state index < -0.39 is 0 Å². The Morgan fingerprint density at radius 1 is 1.11 bits per heavy atom. The van der Waals surface area contributed by atoms with Crippen molar-refractivity contribution in [1.29, 1.82) is 0 Å². The Labute approximate surface area is 114 Å². The maximum absolute atomic E-state index is 6.17. The molecular weight excluding hydrogens is 236 g/mol. The van der Waals surface area contributed by atoms with Crippen LogP contribution in [0.3, 0.4) is 0 Å². The summed E-state index contributed by atoms with van der Waals surface area (Å²) in [6, 6.07) is 14.2. The minimum atomic E-state index is 0.613. The average molecular weight is 256 g/mol. The summed E-state index contributed by atoms with van der Waals surface area (Å²) in [4.78, 5) is 2.07. The second kappa shape index (κ2) is 5.65. The molecule has 0 spiro atoms. The number of ether oxygens (including phenoxy) is 1. The molecule has 0 aliphatic heterocycles. The normalized spacial score (nSPS) is 10.3. The summed E-state index contributed by atoms with van der Waals surface area (Å²) >= 11 is 0. The third-order valence-corrected chi connectivity index (χ3v) is 3.13. The lowest BCUT2D eigenvalue weighted by Gasteiger charge is -2.22. The van der Waals surface area contributed by atoms with Crippen LogP contribution >= 0.6 is 0 Å². The van der Waals surface area contributed by atoms with E-state index in [4.69, 9.17) is 10.5 Å². The molecule has 3 nitrogen and oxygen atoms in total. The topological polar surface area (TPSA) is 38.5 Å². The van der Waals surface area contributed by atoms with Crippen LogP contribution < -0.4 is 15.4 Å².